The molecule has 0 spiro atoms. The highest BCUT2D eigenvalue weighted by atomic mass is 32.1. The summed E-state index contributed by atoms with van der Waals surface area (Å²) >= 11 is 1.54. The smallest absolute Gasteiger partial charge is 0.314 e. The van der Waals surface area contributed by atoms with Crippen LogP contribution in [0.3, 0.4) is 0 Å². The van der Waals surface area contributed by atoms with E-state index in [0.717, 1.165) is 31.6 Å². The van der Waals surface area contributed by atoms with E-state index in [9.17, 15) is 9.90 Å². The molecule has 5 nitrogen and oxygen atoms in total. The molecule has 23 heavy (non-hydrogen) atoms. The maximum absolute atomic E-state index is 11.9. The van der Waals surface area contributed by atoms with E-state index in [4.69, 9.17) is 0 Å². The molecule has 3 N–H and O–H groups in total. The molecule has 1 aromatic heterocycles. The first-order chi connectivity index (χ1) is 10.9. The first-order valence-electron chi connectivity index (χ1n) is 8.36. The van der Waals surface area contributed by atoms with Crippen molar-refractivity contribution in [1.82, 2.24) is 15.5 Å². The summed E-state index contributed by atoms with van der Waals surface area (Å²) in [5.41, 5.74) is -0.193. The van der Waals surface area contributed by atoms with Crippen LogP contribution in [0.25, 0.3) is 0 Å². The fourth-order valence-corrected chi connectivity index (χ4v) is 3.77. The molecule has 1 aromatic rings. The highest BCUT2D eigenvalue weighted by Gasteiger charge is 2.25. The summed E-state index contributed by atoms with van der Waals surface area (Å²) in [6.45, 7) is 10.4. The number of carbonyl (C=O) groups is 1. The van der Waals surface area contributed by atoms with Crippen molar-refractivity contribution >= 4 is 17.4 Å². The number of hydrogen-bond acceptors (Lipinski definition) is 4. The van der Waals surface area contributed by atoms with Gasteiger partial charge in [0, 0.05) is 19.6 Å². The summed E-state index contributed by atoms with van der Waals surface area (Å²) in [6.07, 6.45) is 1.14. The second-order valence-corrected chi connectivity index (χ2v) is 7.94. The summed E-state index contributed by atoms with van der Waals surface area (Å²) in [7, 11) is 0. The summed E-state index contributed by atoms with van der Waals surface area (Å²) in [4.78, 5) is 14.4. The van der Waals surface area contributed by atoms with Crippen LogP contribution >= 0.6 is 11.3 Å². The topological polar surface area (TPSA) is 64.6 Å². The number of nitrogens with zero attached hydrogens (tertiary/aromatic N) is 1. The van der Waals surface area contributed by atoms with Gasteiger partial charge in [-0.2, -0.15) is 11.3 Å². The van der Waals surface area contributed by atoms with Crippen molar-refractivity contribution in [3.63, 3.8) is 0 Å². The fraction of sp³-hybridized carbons (Fsp3) is 0.706. The van der Waals surface area contributed by atoms with Gasteiger partial charge in [-0.3, -0.25) is 0 Å². The largest absolute Gasteiger partial charge is 0.384 e. The van der Waals surface area contributed by atoms with E-state index in [1.54, 1.807) is 6.92 Å². The quantitative estimate of drug-likeness (QED) is 0.714. The Morgan fingerprint density at radius 2 is 2.30 bits per heavy atom. The monoisotopic (exact) mass is 339 g/mol. The molecule has 2 atom stereocenters. The Morgan fingerprint density at radius 3 is 2.96 bits per heavy atom. The van der Waals surface area contributed by atoms with Crippen LogP contribution in [0, 0.1) is 11.8 Å². The highest BCUT2D eigenvalue weighted by molar-refractivity contribution is 7.08. The molecule has 1 aliphatic rings. The van der Waals surface area contributed by atoms with Crippen molar-refractivity contribution in [1.29, 1.82) is 0 Å². The summed E-state index contributed by atoms with van der Waals surface area (Å²) in [6, 6.07) is 1.68. The Labute approximate surface area is 143 Å². The molecular weight excluding hydrogens is 310 g/mol. The molecule has 0 bridgehead atoms. The molecule has 2 amide bonds. The molecule has 0 aliphatic carbocycles. The first-order valence-corrected chi connectivity index (χ1v) is 9.30. The van der Waals surface area contributed by atoms with Crippen molar-refractivity contribution in [2.24, 2.45) is 11.8 Å². The average molecular weight is 340 g/mol. The molecule has 1 aliphatic heterocycles. The number of urea groups is 1. The molecule has 1 saturated heterocycles. The Hall–Kier alpha value is -1.11. The molecular formula is C17H29N3O2S. The lowest BCUT2D eigenvalue weighted by Crippen LogP contribution is -2.44. The minimum absolute atomic E-state index is 0.206. The highest BCUT2D eigenvalue weighted by Crippen LogP contribution is 2.22. The molecule has 130 valence electrons. The molecule has 2 unspecified atom stereocenters. The maximum atomic E-state index is 11.9. The second-order valence-electron chi connectivity index (χ2n) is 7.16. The summed E-state index contributed by atoms with van der Waals surface area (Å²) in [5.74, 6) is 1.21. The molecule has 1 fully saturated rings. The van der Waals surface area contributed by atoms with E-state index < -0.39 is 5.60 Å². The SMILES string of the molecule is CC(C)CN1CCC(CNC(=O)NCC(C)(O)c2ccsc2)C1. The zero-order valence-electron chi connectivity index (χ0n) is 14.3. The molecule has 0 saturated carbocycles. The van der Waals surface area contributed by atoms with E-state index >= 15 is 0 Å². The maximum Gasteiger partial charge on any atom is 0.314 e. The van der Waals surface area contributed by atoms with Gasteiger partial charge in [-0.1, -0.05) is 13.8 Å². The number of likely N-dealkylation sites (tertiary alicyclic amines) is 1. The van der Waals surface area contributed by atoms with Gasteiger partial charge in [-0.05, 0) is 54.1 Å². The van der Waals surface area contributed by atoms with Crippen LogP contribution < -0.4 is 10.6 Å². The molecule has 2 rings (SSSR count). The van der Waals surface area contributed by atoms with Gasteiger partial charge in [0.05, 0.1) is 6.54 Å². The lowest BCUT2D eigenvalue weighted by atomic mass is 9.99. The van der Waals surface area contributed by atoms with Crippen LogP contribution in [-0.2, 0) is 5.60 Å². The third kappa shape index (κ3) is 5.79. The van der Waals surface area contributed by atoms with Crippen LogP contribution in [0.4, 0.5) is 4.79 Å². The Kier molecular flexibility index (Phi) is 6.44. The molecule has 0 radical (unpaired) electrons. The van der Waals surface area contributed by atoms with Crippen LogP contribution in [0.5, 0.6) is 0 Å². The number of nitrogens with one attached hydrogen (secondary N) is 2. The Bertz CT molecular complexity index is 488. The fourth-order valence-electron chi connectivity index (χ4n) is 2.99. The van der Waals surface area contributed by atoms with Crippen LogP contribution in [-0.4, -0.2) is 48.8 Å². The predicted molar refractivity (Wildman–Crippen MR) is 94.7 cm³/mol. The number of rotatable bonds is 7. The van der Waals surface area contributed by atoms with Gasteiger partial charge in [-0.15, -0.1) is 0 Å². The minimum Gasteiger partial charge on any atom is -0.384 e. The summed E-state index contributed by atoms with van der Waals surface area (Å²) < 4.78 is 0. The van der Waals surface area contributed by atoms with E-state index in [0.29, 0.717) is 18.4 Å². The van der Waals surface area contributed by atoms with Crippen LogP contribution in [0.2, 0.25) is 0 Å². The van der Waals surface area contributed by atoms with Crippen molar-refractivity contribution in [3.8, 4) is 0 Å². The van der Waals surface area contributed by atoms with Crippen molar-refractivity contribution in [3.05, 3.63) is 22.4 Å². The number of thiophene rings is 1. The first kappa shape index (κ1) is 18.2. The minimum atomic E-state index is -1.03. The summed E-state index contributed by atoms with van der Waals surface area (Å²) in [5, 5.41) is 19.9. The van der Waals surface area contributed by atoms with Crippen LogP contribution in [0.1, 0.15) is 32.8 Å². The van der Waals surface area contributed by atoms with E-state index in [-0.39, 0.29) is 12.6 Å². The number of carbonyl (C=O) groups excluding carboxylic acids is 1. The zero-order chi connectivity index (χ0) is 16.9. The Morgan fingerprint density at radius 1 is 1.52 bits per heavy atom. The third-order valence-electron chi connectivity index (χ3n) is 4.28. The zero-order valence-corrected chi connectivity index (χ0v) is 15.2. The molecule has 0 aromatic carbocycles. The predicted octanol–water partition coefficient (Wildman–Crippen LogP) is 2.23. The lowest BCUT2D eigenvalue weighted by Gasteiger charge is -2.23. The van der Waals surface area contributed by atoms with E-state index in [1.165, 1.54) is 11.3 Å². The van der Waals surface area contributed by atoms with Gasteiger partial charge in [0.1, 0.15) is 5.60 Å². The number of hydrogen-bond donors (Lipinski definition) is 3. The van der Waals surface area contributed by atoms with E-state index in [2.05, 4.69) is 29.4 Å². The molecule has 2 heterocycles. The lowest BCUT2D eigenvalue weighted by molar-refractivity contribution is 0.0598. The average Bonchev–Trinajstić information content (AvgIpc) is 3.14. The van der Waals surface area contributed by atoms with Gasteiger partial charge in [0.2, 0.25) is 0 Å². The van der Waals surface area contributed by atoms with Crippen molar-refractivity contribution < 1.29 is 9.90 Å². The van der Waals surface area contributed by atoms with Crippen molar-refractivity contribution in [2.45, 2.75) is 32.8 Å². The van der Waals surface area contributed by atoms with E-state index in [1.807, 2.05) is 16.8 Å². The van der Waals surface area contributed by atoms with Gasteiger partial charge in [-0.25, -0.2) is 4.79 Å². The van der Waals surface area contributed by atoms with Gasteiger partial charge in [0.25, 0.3) is 0 Å². The standard InChI is InChI=1S/C17H29N3O2S/c1-13(2)9-20-6-4-14(10-20)8-18-16(21)19-12-17(3,22)15-5-7-23-11-15/h5,7,11,13-14,22H,4,6,8-10,12H2,1-3H3,(H2,18,19,21). The van der Waals surface area contributed by atoms with Gasteiger partial charge < -0.3 is 20.6 Å². The van der Waals surface area contributed by atoms with Gasteiger partial charge in [0.15, 0.2) is 0 Å². The third-order valence-corrected chi connectivity index (χ3v) is 4.96. The van der Waals surface area contributed by atoms with Gasteiger partial charge >= 0.3 is 6.03 Å². The second kappa shape index (κ2) is 8.13. The van der Waals surface area contributed by atoms with Crippen LogP contribution in [0.15, 0.2) is 16.8 Å². The number of amides is 2. The van der Waals surface area contributed by atoms with Crippen molar-refractivity contribution in [2.75, 3.05) is 32.7 Å². The Balaban J connectivity index is 1.66. The molecule has 6 heteroatoms. The number of aliphatic hydroxyl groups is 1. The normalized spacial score (nSPS) is 21.3.